The van der Waals surface area contributed by atoms with Crippen LogP contribution in [0.4, 0.5) is 0 Å². The Hall–Kier alpha value is -1.51. The molecule has 8 nitrogen and oxygen atoms in total. The van der Waals surface area contributed by atoms with Gasteiger partial charge in [-0.1, -0.05) is 12.8 Å². The number of carbonyl (C=O) groups is 3. The summed E-state index contributed by atoms with van der Waals surface area (Å²) in [7, 11) is 0. The first-order chi connectivity index (χ1) is 14.0. The average Bonchev–Trinajstić information content (AvgIpc) is 3.39. The van der Waals surface area contributed by atoms with Gasteiger partial charge in [-0.2, -0.15) is 0 Å². The summed E-state index contributed by atoms with van der Waals surface area (Å²) in [6.07, 6.45) is 6.91. The summed E-state index contributed by atoms with van der Waals surface area (Å²) in [5.41, 5.74) is -0.651. The molecule has 5 aliphatic rings. The van der Waals surface area contributed by atoms with Crippen molar-refractivity contribution in [2.75, 3.05) is 39.3 Å². The standard InChI is InChI=1S/C21H32N4O4/c26-16-11-17-19(28)24(10-4-9-22-8-3-7-18(22)27)20(29)21(25(17)12-16)13-23(14-21)15-5-1-2-6-15/h15-17,26H,1-14H2. The van der Waals surface area contributed by atoms with Gasteiger partial charge >= 0.3 is 0 Å². The molecule has 160 valence electrons. The largest absolute Gasteiger partial charge is 0.392 e. The first kappa shape index (κ1) is 19.5. The number of aliphatic hydroxyl groups excluding tert-OH is 1. The smallest absolute Gasteiger partial charge is 0.252 e. The zero-order valence-electron chi connectivity index (χ0n) is 17.1. The summed E-state index contributed by atoms with van der Waals surface area (Å²) < 4.78 is 0. The minimum Gasteiger partial charge on any atom is -0.392 e. The Morgan fingerprint density at radius 2 is 1.79 bits per heavy atom. The molecule has 5 fully saturated rings. The Morgan fingerprint density at radius 3 is 2.48 bits per heavy atom. The third kappa shape index (κ3) is 3.11. The molecule has 4 aliphatic heterocycles. The molecule has 0 bridgehead atoms. The number of likely N-dealkylation sites (tertiary alicyclic amines) is 2. The van der Waals surface area contributed by atoms with Crippen molar-refractivity contribution >= 4 is 17.7 Å². The van der Waals surface area contributed by atoms with E-state index in [0.717, 1.165) is 13.0 Å². The van der Waals surface area contributed by atoms with E-state index in [1.54, 1.807) is 0 Å². The van der Waals surface area contributed by atoms with Crippen LogP contribution in [0.2, 0.25) is 0 Å². The number of hydrogen-bond donors (Lipinski definition) is 1. The summed E-state index contributed by atoms with van der Waals surface area (Å²) in [6, 6.07) is 0.175. The van der Waals surface area contributed by atoms with Gasteiger partial charge < -0.3 is 10.0 Å². The normalized spacial score (nSPS) is 33.2. The topological polar surface area (TPSA) is 84.4 Å². The quantitative estimate of drug-likeness (QED) is 0.639. The predicted molar refractivity (Wildman–Crippen MR) is 105 cm³/mol. The first-order valence-electron chi connectivity index (χ1n) is 11.3. The molecular formula is C21H32N4O4. The van der Waals surface area contributed by atoms with Gasteiger partial charge in [-0.3, -0.25) is 29.1 Å². The number of nitrogens with zero attached hydrogens (tertiary/aromatic N) is 4. The molecule has 1 N–H and O–H groups in total. The molecule has 2 atom stereocenters. The number of rotatable bonds is 5. The van der Waals surface area contributed by atoms with Gasteiger partial charge in [0.1, 0.15) is 5.54 Å². The molecule has 1 aliphatic carbocycles. The lowest BCUT2D eigenvalue weighted by Crippen LogP contribution is -2.82. The average molecular weight is 405 g/mol. The van der Waals surface area contributed by atoms with Gasteiger partial charge in [0, 0.05) is 51.7 Å². The lowest BCUT2D eigenvalue weighted by atomic mass is 9.81. The van der Waals surface area contributed by atoms with Crippen LogP contribution in [-0.4, -0.2) is 105 Å². The summed E-state index contributed by atoms with van der Waals surface area (Å²) in [5.74, 6) is -0.0758. The maximum atomic E-state index is 13.5. The van der Waals surface area contributed by atoms with Gasteiger partial charge in [0.25, 0.3) is 5.91 Å². The highest BCUT2D eigenvalue weighted by atomic mass is 16.3. The maximum absolute atomic E-state index is 13.5. The van der Waals surface area contributed by atoms with Gasteiger partial charge in [0.05, 0.1) is 12.1 Å². The van der Waals surface area contributed by atoms with Crippen LogP contribution in [0.15, 0.2) is 0 Å². The molecule has 5 rings (SSSR count). The van der Waals surface area contributed by atoms with Crippen molar-refractivity contribution in [1.82, 2.24) is 19.6 Å². The fourth-order valence-corrected chi connectivity index (χ4v) is 6.22. The minimum atomic E-state index is -0.651. The van der Waals surface area contributed by atoms with E-state index in [4.69, 9.17) is 0 Å². The van der Waals surface area contributed by atoms with E-state index in [2.05, 4.69) is 4.90 Å². The van der Waals surface area contributed by atoms with Crippen LogP contribution in [0.5, 0.6) is 0 Å². The zero-order chi connectivity index (χ0) is 20.2. The summed E-state index contributed by atoms with van der Waals surface area (Å²) in [5, 5.41) is 10.2. The number of carbonyl (C=O) groups excluding carboxylic acids is 3. The Labute approximate surface area is 171 Å². The molecule has 4 heterocycles. The number of hydrogen-bond acceptors (Lipinski definition) is 6. The fraction of sp³-hybridized carbons (Fsp3) is 0.857. The van der Waals surface area contributed by atoms with E-state index < -0.39 is 11.6 Å². The summed E-state index contributed by atoms with van der Waals surface area (Å²) in [4.78, 5) is 46.1. The lowest BCUT2D eigenvalue weighted by molar-refractivity contribution is -0.182. The van der Waals surface area contributed by atoms with Gasteiger partial charge in [-0.05, 0) is 32.1 Å². The molecule has 3 amide bonds. The second-order valence-electron chi connectivity index (χ2n) is 9.57. The van der Waals surface area contributed by atoms with Crippen molar-refractivity contribution in [3.63, 3.8) is 0 Å². The van der Waals surface area contributed by atoms with Gasteiger partial charge in [0.15, 0.2) is 0 Å². The van der Waals surface area contributed by atoms with Crippen LogP contribution in [-0.2, 0) is 14.4 Å². The zero-order valence-corrected chi connectivity index (χ0v) is 17.1. The van der Waals surface area contributed by atoms with E-state index in [9.17, 15) is 19.5 Å². The predicted octanol–water partition coefficient (Wildman–Crippen LogP) is -0.200. The van der Waals surface area contributed by atoms with E-state index in [-0.39, 0.29) is 23.8 Å². The SMILES string of the molecule is O=C1CCCN1CCCN1C(=O)C2CC(O)CN2C2(CN(C3CCCC3)C2)C1=O. The molecule has 0 radical (unpaired) electrons. The van der Waals surface area contributed by atoms with Crippen LogP contribution >= 0.6 is 0 Å². The van der Waals surface area contributed by atoms with Gasteiger partial charge in [0.2, 0.25) is 11.8 Å². The number of fused-ring (bicyclic) bond motifs is 2. The fourth-order valence-electron chi connectivity index (χ4n) is 6.22. The molecule has 2 unspecified atom stereocenters. The molecule has 29 heavy (non-hydrogen) atoms. The van der Waals surface area contributed by atoms with Crippen LogP contribution in [0.3, 0.4) is 0 Å². The van der Waals surface area contributed by atoms with E-state index in [1.807, 2.05) is 9.80 Å². The number of β-amino-alcohol motifs (C(OH)–C–C–N with tert-alkyl or cyclic N) is 1. The van der Waals surface area contributed by atoms with Crippen molar-refractivity contribution in [1.29, 1.82) is 0 Å². The van der Waals surface area contributed by atoms with Crippen molar-refractivity contribution in [3.05, 3.63) is 0 Å². The molecule has 8 heteroatoms. The van der Waals surface area contributed by atoms with Crippen molar-refractivity contribution in [2.45, 2.75) is 75.1 Å². The lowest BCUT2D eigenvalue weighted by Gasteiger charge is -2.60. The number of imide groups is 1. The van der Waals surface area contributed by atoms with Gasteiger partial charge in [-0.25, -0.2) is 0 Å². The highest BCUT2D eigenvalue weighted by Gasteiger charge is 2.64. The summed E-state index contributed by atoms with van der Waals surface area (Å²) in [6.45, 7) is 3.52. The van der Waals surface area contributed by atoms with Crippen molar-refractivity contribution in [3.8, 4) is 0 Å². The first-order valence-corrected chi connectivity index (χ1v) is 11.3. The van der Waals surface area contributed by atoms with Crippen molar-refractivity contribution in [2.24, 2.45) is 0 Å². The number of piperazine rings is 1. The Kier molecular flexibility index (Phi) is 4.91. The molecule has 0 aromatic rings. The monoisotopic (exact) mass is 404 g/mol. The third-order valence-electron chi connectivity index (χ3n) is 7.77. The van der Waals surface area contributed by atoms with E-state index in [0.29, 0.717) is 58.0 Å². The van der Waals surface area contributed by atoms with Crippen LogP contribution in [0.25, 0.3) is 0 Å². The Balaban J connectivity index is 1.29. The number of amides is 3. The van der Waals surface area contributed by atoms with Crippen molar-refractivity contribution < 1.29 is 19.5 Å². The second-order valence-corrected chi connectivity index (χ2v) is 9.57. The molecule has 1 spiro atoms. The Bertz CT molecular complexity index is 701. The molecule has 4 saturated heterocycles. The maximum Gasteiger partial charge on any atom is 0.252 e. The van der Waals surface area contributed by atoms with Crippen LogP contribution in [0, 0.1) is 0 Å². The third-order valence-corrected chi connectivity index (χ3v) is 7.77. The van der Waals surface area contributed by atoms with E-state index in [1.165, 1.54) is 30.6 Å². The highest BCUT2D eigenvalue weighted by Crippen LogP contribution is 2.42. The molecular weight excluding hydrogens is 372 g/mol. The molecule has 1 saturated carbocycles. The van der Waals surface area contributed by atoms with Crippen LogP contribution < -0.4 is 0 Å². The molecule has 0 aromatic carbocycles. The van der Waals surface area contributed by atoms with E-state index >= 15 is 0 Å². The second kappa shape index (κ2) is 7.32. The molecule has 0 aromatic heterocycles. The summed E-state index contributed by atoms with van der Waals surface area (Å²) >= 11 is 0. The highest BCUT2D eigenvalue weighted by molar-refractivity contribution is 6.06. The van der Waals surface area contributed by atoms with Gasteiger partial charge in [-0.15, -0.1) is 0 Å². The Morgan fingerprint density at radius 1 is 1.03 bits per heavy atom. The van der Waals surface area contributed by atoms with Crippen LogP contribution in [0.1, 0.15) is 51.4 Å². The minimum absolute atomic E-state index is 0.0881. The number of aliphatic hydroxyl groups is 1.